The zero-order valence-corrected chi connectivity index (χ0v) is 17.6. The van der Waals surface area contributed by atoms with E-state index in [1.165, 1.54) is 6.07 Å². The number of amides is 1. The summed E-state index contributed by atoms with van der Waals surface area (Å²) in [5.41, 5.74) is 0.462. The largest absolute Gasteiger partial charge is 0.508 e. The molecule has 1 heterocycles. The molecule has 0 atom stereocenters. The Morgan fingerprint density at radius 1 is 1.14 bits per heavy atom. The van der Waals surface area contributed by atoms with Crippen molar-refractivity contribution >= 4 is 41.5 Å². The molecule has 0 radical (unpaired) electrons. The number of nitrogens with zero attached hydrogens (tertiary/aromatic N) is 1. The van der Waals surface area contributed by atoms with Crippen molar-refractivity contribution in [3.63, 3.8) is 0 Å². The maximum atomic E-state index is 12.1. The average Bonchev–Trinajstić information content (AvgIpc) is 2.66. The van der Waals surface area contributed by atoms with Gasteiger partial charge in [-0.25, -0.2) is 0 Å². The zero-order chi connectivity index (χ0) is 19.2. The van der Waals surface area contributed by atoms with Crippen molar-refractivity contribution in [2.45, 2.75) is 18.9 Å². The molecule has 3 rings (SSSR count). The van der Waals surface area contributed by atoms with E-state index < -0.39 is 0 Å². The van der Waals surface area contributed by atoms with Crippen LogP contribution in [0.5, 0.6) is 11.5 Å². The summed E-state index contributed by atoms with van der Waals surface area (Å²) >= 11 is 11.9. The molecule has 1 fully saturated rings. The summed E-state index contributed by atoms with van der Waals surface area (Å²) in [7, 11) is 0. The predicted molar refractivity (Wildman–Crippen MR) is 114 cm³/mol. The standard InChI is InChI=1S/C20H22Cl2N2O3.ClH/c21-18-5-4-17(13-19(18)22)27-16-6-9-24(10-7-16)11-8-23-20(26)14-2-1-3-15(25)12-14;/h1-5,12-13,16,25H,6-11H2,(H,23,26);1H. The van der Waals surface area contributed by atoms with Crippen LogP contribution in [0.3, 0.4) is 0 Å². The summed E-state index contributed by atoms with van der Waals surface area (Å²) in [6.45, 7) is 3.17. The molecule has 0 unspecified atom stereocenters. The number of nitrogens with one attached hydrogen (secondary N) is 1. The van der Waals surface area contributed by atoms with Crippen LogP contribution in [-0.4, -0.2) is 48.2 Å². The van der Waals surface area contributed by atoms with Crippen molar-refractivity contribution in [3.05, 3.63) is 58.1 Å². The molecule has 2 aromatic rings. The Labute approximate surface area is 181 Å². The van der Waals surface area contributed by atoms with E-state index >= 15 is 0 Å². The fraction of sp³-hybridized carbons (Fsp3) is 0.350. The SMILES string of the molecule is Cl.O=C(NCCN1CCC(Oc2ccc(Cl)c(Cl)c2)CC1)c1cccc(O)c1. The molecule has 0 aliphatic carbocycles. The fourth-order valence-electron chi connectivity index (χ4n) is 3.07. The quantitative estimate of drug-likeness (QED) is 0.692. The highest BCUT2D eigenvalue weighted by Gasteiger charge is 2.20. The minimum Gasteiger partial charge on any atom is -0.508 e. The van der Waals surface area contributed by atoms with E-state index in [4.69, 9.17) is 27.9 Å². The van der Waals surface area contributed by atoms with Gasteiger partial charge >= 0.3 is 0 Å². The molecule has 0 saturated carbocycles. The third kappa shape index (κ3) is 6.45. The summed E-state index contributed by atoms with van der Waals surface area (Å²) in [5, 5.41) is 13.3. The van der Waals surface area contributed by atoms with Crippen molar-refractivity contribution in [3.8, 4) is 11.5 Å². The molecule has 2 aromatic carbocycles. The molecule has 5 nitrogen and oxygen atoms in total. The van der Waals surface area contributed by atoms with Crippen LogP contribution >= 0.6 is 35.6 Å². The molecule has 0 bridgehead atoms. The lowest BCUT2D eigenvalue weighted by Gasteiger charge is -2.32. The predicted octanol–water partition coefficient (Wildman–Crippen LogP) is 4.39. The van der Waals surface area contributed by atoms with Crippen LogP contribution in [0.2, 0.25) is 10.0 Å². The molecule has 0 spiro atoms. The normalized spacial score (nSPS) is 14.9. The Bertz CT molecular complexity index is 796. The van der Waals surface area contributed by atoms with Gasteiger partial charge in [0.15, 0.2) is 0 Å². The van der Waals surface area contributed by atoms with Gasteiger partial charge in [-0.3, -0.25) is 4.79 Å². The number of hydrogen-bond acceptors (Lipinski definition) is 4. The second kappa shape index (κ2) is 10.8. The number of carbonyl (C=O) groups excluding carboxylic acids is 1. The monoisotopic (exact) mass is 444 g/mol. The minimum atomic E-state index is -0.177. The van der Waals surface area contributed by atoms with Gasteiger partial charge in [0.1, 0.15) is 17.6 Å². The Morgan fingerprint density at radius 2 is 1.89 bits per heavy atom. The number of aromatic hydroxyl groups is 1. The highest BCUT2D eigenvalue weighted by molar-refractivity contribution is 6.42. The van der Waals surface area contributed by atoms with Crippen LogP contribution in [0.4, 0.5) is 0 Å². The van der Waals surface area contributed by atoms with Gasteiger partial charge in [0, 0.05) is 37.8 Å². The van der Waals surface area contributed by atoms with Crippen LogP contribution in [0.1, 0.15) is 23.2 Å². The number of rotatable bonds is 6. The second-order valence-electron chi connectivity index (χ2n) is 6.54. The van der Waals surface area contributed by atoms with Gasteiger partial charge in [0.25, 0.3) is 5.91 Å². The van der Waals surface area contributed by atoms with Crippen LogP contribution < -0.4 is 10.1 Å². The number of carbonyl (C=O) groups is 1. The first-order chi connectivity index (χ1) is 13.0. The number of halogens is 3. The maximum Gasteiger partial charge on any atom is 0.251 e. The highest BCUT2D eigenvalue weighted by Crippen LogP contribution is 2.28. The molecule has 8 heteroatoms. The Kier molecular flexibility index (Phi) is 8.70. The molecule has 28 heavy (non-hydrogen) atoms. The number of piperidine rings is 1. The van der Waals surface area contributed by atoms with Crippen molar-refractivity contribution in [2.24, 2.45) is 0 Å². The molecule has 0 aromatic heterocycles. The van der Waals surface area contributed by atoms with Crippen molar-refractivity contribution < 1.29 is 14.6 Å². The summed E-state index contributed by atoms with van der Waals surface area (Å²) in [4.78, 5) is 14.4. The van der Waals surface area contributed by atoms with Gasteiger partial charge in [0.05, 0.1) is 10.0 Å². The first-order valence-corrected chi connectivity index (χ1v) is 9.68. The van der Waals surface area contributed by atoms with Crippen LogP contribution in [0.25, 0.3) is 0 Å². The lowest BCUT2D eigenvalue weighted by Crippen LogP contribution is -2.42. The average molecular weight is 446 g/mol. The van der Waals surface area contributed by atoms with Crippen LogP contribution in [-0.2, 0) is 0 Å². The van der Waals surface area contributed by atoms with Gasteiger partial charge < -0.3 is 20.1 Å². The zero-order valence-electron chi connectivity index (χ0n) is 15.2. The lowest BCUT2D eigenvalue weighted by molar-refractivity contribution is 0.0905. The Hall–Kier alpha value is -1.66. The third-order valence-electron chi connectivity index (χ3n) is 4.55. The second-order valence-corrected chi connectivity index (χ2v) is 7.36. The summed E-state index contributed by atoms with van der Waals surface area (Å²) in [6, 6.07) is 11.7. The van der Waals surface area contributed by atoms with E-state index in [0.717, 1.165) is 38.2 Å². The van der Waals surface area contributed by atoms with Crippen molar-refractivity contribution in [1.82, 2.24) is 10.2 Å². The third-order valence-corrected chi connectivity index (χ3v) is 5.29. The van der Waals surface area contributed by atoms with Gasteiger partial charge in [-0.1, -0.05) is 29.3 Å². The molecule has 1 aliphatic heterocycles. The number of ether oxygens (including phenoxy) is 1. The number of phenolic OH excluding ortho intramolecular Hbond substituents is 1. The van der Waals surface area contributed by atoms with E-state index in [-0.39, 0.29) is 30.2 Å². The summed E-state index contributed by atoms with van der Waals surface area (Å²) in [5.74, 6) is 0.650. The summed E-state index contributed by atoms with van der Waals surface area (Å²) in [6.07, 6.45) is 1.99. The van der Waals surface area contributed by atoms with Crippen LogP contribution in [0.15, 0.2) is 42.5 Å². The summed E-state index contributed by atoms with van der Waals surface area (Å²) < 4.78 is 5.99. The maximum absolute atomic E-state index is 12.1. The number of hydrogen-bond donors (Lipinski definition) is 2. The van der Waals surface area contributed by atoms with E-state index in [9.17, 15) is 9.90 Å². The van der Waals surface area contributed by atoms with Gasteiger partial charge in [-0.15, -0.1) is 12.4 Å². The Morgan fingerprint density at radius 3 is 2.57 bits per heavy atom. The smallest absolute Gasteiger partial charge is 0.251 e. The highest BCUT2D eigenvalue weighted by atomic mass is 35.5. The number of likely N-dealkylation sites (tertiary alicyclic amines) is 1. The number of benzene rings is 2. The topological polar surface area (TPSA) is 61.8 Å². The van der Waals surface area contributed by atoms with E-state index in [1.54, 1.807) is 30.3 Å². The molecular formula is C20H23Cl3N2O3. The molecular weight excluding hydrogens is 423 g/mol. The van der Waals surface area contributed by atoms with Crippen molar-refractivity contribution in [2.75, 3.05) is 26.2 Å². The Balaban J connectivity index is 0.00000280. The molecule has 1 saturated heterocycles. The van der Waals surface area contributed by atoms with Gasteiger partial charge in [-0.2, -0.15) is 0 Å². The number of phenols is 1. The van der Waals surface area contributed by atoms with Crippen molar-refractivity contribution in [1.29, 1.82) is 0 Å². The molecule has 152 valence electrons. The van der Waals surface area contributed by atoms with Crippen LogP contribution in [0, 0.1) is 0 Å². The first kappa shape index (κ1) is 22.6. The first-order valence-electron chi connectivity index (χ1n) is 8.92. The fourth-order valence-corrected chi connectivity index (χ4v) is 3.36. The lowest BCUT2D eigenvalue weighted by atomic mass is 10.1. The minimum absolute atomic E-state index is 0. The van der Waals surface area contributed by atoms with E-state index in [1.807, 2.05) is 6.07 Å². The molecule has 1 amide bonds. The van der Waals surface area contributed by atoms with E-state index in [0.29, 0.717) is 22.2 Å². The molecule has 1 aliphatic rings. The molecule has 2 N–H and O–H groups in total. The van der Waals surface area contributed by atoms with E-state index in [2.05, 4.69) is 10.2 Å². The van der Waals surface area contributed by atoms with Gasteiger partial charge in [0.2, 0.25) is 0 Å². The van der Waals surface area contributed by atoms with Gasteiger partial charge in [-0.05, 0) is 43.2 Å².